The molecule has 0 unspecified atom stereocenters. The number of aryl methyl sites for hydroxylation is 2. The molecule has 0 bridgehead atoms. The third-order valence-electron chi connectivity index (χ3n) is 2.55. The van der Waals surface area contributed by atoms with Crippen LogP contribution in [0.5, 0.6) is 0 Å². The predicted molar refractivity (Wildman–Crippen MR) is 59.4 cm³/mol. The molecule has 0 atom stereocenters. The van der Waals surface area contributed by atoms with Crippen molar-refractivity contribution in [1.82, 2.24) is 9.55 Å². The lowest BCUT2D eigenvalue weighted by molar-refractivity contribution is 0.629. The van der Waals surface area contributed by atoms with Crippen molar-refractivity contribution in [2.75, 3.05) is 0 Å². The van der Waals surface area contributed by atoms with E-state index in [4.69, 9.17) is 0 Å². The van der Waals surface area contributed by atoms with Gasteiger partial charge in [-0.3, -0.25) is 0 Å². The molecular weight excluding hydrogens is 191 g/mol. The molecule has 0 aliphatic carbocycles. The Bertz CT molecular complexity index is 474. The van der Waals surface area contributed by atoms with Gasteiger partial charge in [0.1, 0.15) is 11.6 Å². The highest BCUT2D eigenvalue weighted by atomic mass is 19.1. The van der Waals surface area contributed by atoms with Crippen molar-refractivity contribution in [3.63, 3.8) is 0 Å². The summed E-state index contributed by atoms with van der Waals surface area (Å²) in [4.78, 5) is 4.43. The largest absolute Gasteiger partial charge is 0.328 e. The van der Waals surface area contributed by atoms with E-state index in [1.807, 2.05) is 6.07 Å². The molecule has 2 rings (SSSR count). The summed E-state index contributed by atoms with van der Waals surface area (Å²) in [7, 11) is 0. The Morgan fingerprint density at radius 2 is 2.13 bits per heavy atom. The molecule has 0 saturated heterocycles. The standard InChI is InChI=1S/C12H15FN2/c1-3-7-15-11-6-5-9(13)8-10(11)14-12(15)4-2/h5-6,8H,3-4,7H2,1-2H3. The van der Waals surface area contributed by atoms with Crippen LogP contribution in [-0.2, 0) is 13.0 Å². The van der Waals surface area contributed by atoms with Gasteiger partial charge in [-0.1, -0.05) is 13.8 Å². The Morgan fingerprint density at radius 1 is 1.33 bits per heavy atom. The molecule has 1 aromatic heterocycles. The van der Waals surface area contributed by atoms with Crippen LogP contribution < -0.4 is 0 Å². The number of hydrogen-bond acceptors (Lipinski definition) is 1. The second-order valence-corrected chi connectivity index (χ2v) is 3.67. The molecule has 15 heavy (non-hydrogen) atoms. The van der Waals surface area contributed by atoms with Crippen LogP contribution in [0.2, 0.25) is 0 Å². The molecule has 2 nitrogen and oxygen atoms in total. The highest BCUT2D eigenvalue weighted by Gasteiger charge is 2.08. The number of imidazole rings is 1. The van der Waals surface area contributed by atoms with Gasteiger partial charge in [0.05, 0.1) is 11.0 Å². The van der Waals surface area contributed by atoms with E-state index < -0.39 is 0 Å². The summed E-state index contributed by atoms with van der Waals surface area (Å²) in [6, 6.07) is 4.81. The van der Waals surface area contributed by atoms with Crippen molar-refractivity contribution in [3.8, 4) is 0 Å². The van der Waals surface area contributed by atoms with Gasteiger partial charge < -0.3 is 4.57 Å². The average Bonchev–Trinajstić information content (AvgIpc) is 2.56. The van der Waals surface area contributed by atoms with Crippen molar-refractivity contribution in [1.29, 1.82) is 0 Å². The number of halogens is 1. The van der Waals surface area contributed by atoms with Crippen LogP contribution in [0.3, 0.4) is 0 Å². The average molecular weight is 206 g/mol. The highest BCUT2D eigenvalue weighted by molar-refractivity contribution is 5.76. The van der Waals surface area contributed by atoms with E-state index in [0.717, 1.165) is 36.2 Å². The summed E-state index contributed by atoms with van der Waals surface area (Å²) in [6.45, 7) is 5.16. The van der Waals surface area contributed by atoms with E-state index in [1.54, 1.807) is 0 Å². The fourth-order valence-electron chi connectivity index (χ4n) is 1.90. The zero-order valence-electron chi connectivity index (χ0n) is 9.13. The summed E-state index contributed by atoms with van der Waals surface area (Å²) in [6.07, 6.45) is 1.95. The lowest BCUT2D eigenvalue weighted by Crippen LogP contribution is -2.01. The van der Waals surface area contributed by atoms with Gasteiger partial charge in [-0.2, -0.15) is 0 Å². The van der Waals surface area contributed by atoms with Gasteiger partial charge >= 0.3 is 0 Å². The first-order chi connectivity index (χ1) is 7.26. The van der Waals surface area contributed by atoms with Crippen molar-refractivity contribution in [3.05, 3.63) is 29.8 Å². The lowest BCUT2D eigenvalue weighted by atomic mass is 10.3. The van der Waals surface area contributed by atoms with Crippen LogP contribution >= 0.6 is 0 Å². The van der Waals surface area contributed by atoms with Crippen LogP contribution in [0.15, 0.2) is 18.2 Å². The molecule has 3 heteroatoms. The van der Waals surface area contributed by atoms with Crippen molar-refractivity contribution in [2.45, 2.75) is 33.2 Å². The molecule has 0 fully saturated rings. The molecular formula is C12H15FN2. The number of aromatic nitrogens is 2. The van der Waals surface area contributed by atoms with Crippen molar-refractivity contribution < 1.29 is 4.39 Å². The van der Waals surface area contributed by atoms with Gasteiger partial charge in [0.2, 0.25) is 0 Å². The summed E-state index contributed by atoms with van der Waals surface area (Å²) in [5.74, 6) is 0.823. The minimum atomic E-state index is -0.216. The first-order valence-corrected chi connectivity index (χ1v) is 5.41. The molecule has 0 aliphatic rings. The summed E-state index contributed by atoms with van der Waals surface area (Å²) < 4.78 is 15.2. The summed E-state index contributed by atoms with van der Waals surface area (Å²) in [5.41, 5.74) is 1.80. The molecule has 1 heterocycles. The molecule has 1 aromatic carbocycles. The summed E-state index contributed by atoms with van der Waals surface area (Å²) in [5, 5.41) is 0. The monoisotopic (exact) mass is 206 g/mol. The predicted octanol–water partition coefficient (Wildman–Crippen LogP) is 3.15. The summed E-state index contributed by atoms with van der Waals surface area (Å²) >= 11 is 0. The Kier molecular flexibility index (Phi) is 2.71. The topological polar surface area (TPSA) is 17.8 Å². The molecule has 0 spiro atoms. The molecule has 0 amide bonds. The van der Waals surface area contributed by atoms with Gasteiger partial charge in [-0.05, 0) is 18.6 Å². The minimum absolute atomic E-state index is 0.216. The van der Waals surface area contributed by atoms with Gasteiger partial charge in [0, 0.05) is 19.0 Å². The molecule has 0 aliphatic heterocycles. The van der Waals surface area contributed by atoms with E-state index in [9.17, 15) is 4.39 Å². The molecule has 0 radical (unpaired) electrons. The van der Waals surface area contributed by atoms with Crippen LogP contribution in [0, 0.1) is 5.82 Å². The van der Waals surface area contributed by atoms with Gasteiger partial charge in [0.15, 0.2) is 0 Å². The third-order valence-corrected chi connectivity index (χ3v) is 2.55. The van der Waals surface area contributed by atoms with E-state index in [-0.39, 0.29) is 5.82 Å². The SMILES string of the molecule is CCCn1c(CC)nc2cc(F)ccc21. The number of fused-ring (bicyclic) bond motifs is 1. The first kappa shape index (κ1) is 10.1. The van der Waals surface area contributed by atoms with Gasteiger partial charge in [-0.15, -0.1) is 0 Å². The molecule has 2 aromatic rings. The number of hydrogen-bond donors (Lipinski definition) is 0. The Hall–Kier alpha value is -1.38. The second-order valence-electron chi connectivity index (χ2n) is 3.67. The molecule has 0 N–H and O–H groups in total. The Balaban J connectivity index is 2.63. The third kappa shape index (κ3) is 1.74. The maximum atomic E-state index is 13.0. The quantitative estimate of drug-likeness (QED) is 0.754. The van der Waals surface area contributed by atoms with Crippen LogP contribution in [0.1, 0.15) is 26.1 Å². The normalized spacial score (nSPS) is 11.1. The molecule has 0 saturated carbocycles. The van der Waals surface area contributed by atoms with Crippen molar-refractivity contribution >= 4 is 11.0 Å². The zero-order valence-corrected chi connectivity index (χ0v) is 9.13. The van der Waals surface area contributed by atoms with E-state index >= 15 is 0 Å². The number of nitrogens with zero attached hydrogens (tertiary/aromatic N) is 2. The lowest BCUT2D eigenvalue weighted by Gasteiger charge is -2.05. The molecule has 80 valence electrons. The van der Waals surface area contributed by atoms with Crippen molar-refractivity contribution in [2.24, 2.45) is 0 Å². The van der Waals surface area contributed by atoms with E-state index in [1.165, 1.54) is 12.1 Å². The zero-order chi connectivity index (χ0) is 10.8. The minimum Gasteiger partial charge on any atom is -0.328 e. The fourth-order valence-corrected chi connectivity index (χ4v) is 1.90. The van der Waals surface area contributed by atoms with Crippen LogP contribution in [0.25, 0.3) is 11.0 Å². The number of rotatable bonds is 3. The Morgan fingerprint density at radius 3 is 2.80 bits per heavy atom. The maximum Gasteiger partial charge on any atom is 0.125 e. The van der Waals surface area contributed by atoms with Gasteiger partial charge in [0.25, 0.3) is 0 Å². The first-order valence-electron chi connectivity index (χ1n) is 5.41. The van der Waals surface area contributed by atoms with Gasteiger partial charge in [-0.25, -0.2) is 9.37 Å². The van der Waals surface area contributed by atoms with Crippen LogP contribution in [0.4, 0.5) is 4.39 Å². The fraction of sp³-hybridized carbons (Fsp3) is 0.417. The smallest absolute Gasteiger partial charge is 0.125 e. The number of benzene rings is 1. The van der Waals surface area contributed by atoms with E-state index in [0.29, 0.717) is 0 Å². The van der Waals surface area contributed by atoms with E-state index in [2.05, 4.69) is 23.4 Å². The van der Waals surface area contributed by atoms with Crippen LogP contribution in [-0.4, -0.2) is 9.55 Å². The Labute approximate surface area is 88.7 Å². The highest BCUT2D eigenvalue weighted by Crippen LogP contribution is 2.18. The second kappa shape index (κ2) is 4.01. The maximum absolute atomic E-state index is 13.0.